The monoisotopic (exact) mass is 444 g/mol. The Morgan fingerprint density at radius 1 is 0.875 bits per heavy atom. The van der Waals surface area contributed by atoms with Gasteiger partial charge in [0.05, 0.1) is 11.6 Å². The minimum atomic E-state index is -0.407. The lowest BCUT2D eigenvalue weighted by Crippen LogP contribution is -2.45. The van der Waals surface area contributed by atoms with E-state index >= 15 is 0 Å². The normalized spacial score (nSPS) is 15.5. The molecule has 0 unspecified atom stereocenters. The molecule has 1 atom stereocenters. The van der Waals surface area contributed by atoms with E-state index in [1.807, 2.05) is 91.9 Å². The Kier molecular flexibility index (Phi) is 6.82. The Labute approximate surface area is 193 Å². The van der Waals surface area contributed by atoms with Crippen LogP contribution in [0.5, 0.6) is 5.75 Å². The molecule has 0 bridgehead atoms. The summed E-state index contributed by atoms with van der Waals surface area (Å²) in [5.41, 5.74) is 4.12. The highest BCUT2D eigenvalue weighted by Gasteiger charge is 2.31. The quantitative estimate of drug-likeness (QED) is 0.403. The van der Waals surface area contributed by atoms with Crippen LogP contribution in [0, 0.1) is 0 Å². The number of hydrogen-bond acceptors (Lipinski definition) is 4. The van der Waals surface area contributed by atoms with Crippen molar-refractivity contribution in [2.24, 2.45) is 0 Å². The lowest BCUT2D eigenvalue weighted by molar-refractivity contribution is -0.140. The molecule has 1 heterocycles. The standard InChI is InChI=1S/C26H24N2O3S/c1-18-23(25(29)31-17-20-10-6-3-7-11-20)24(28-26(32)27-18)21-12-14-22(15-13-21)30-16-19-8-4-2-5-9-19/h2-15,24H,16-17H2,1H3,(H2,27,28,32)/t24-/m0/s1. The summed E-state index contributed by atoms with van der Waals surface area (Å²) in [7, 11) is 0. The highest BCUT2D eigenvalue weighted by Crippen LogP contribution is 2.29. The molecule has 2 N–H and O–H groups in total. The van der Waals surface area contributed by atoms with Crippen molar-refractivity contribution in [2.45, 2.75) is 26.2 Å². The number of carbonyl (C=O) groups is 1. The second-order valence-corrected chi connectivity index (χ2v) is 7.88. The summed E-state index contributed by atoms with van der Waals surface area (Å²) in [6.45, 7) is 2.53. The molecule has 0 saturated carbocycles. The highest BCUT2D eigenvalue weighted by molar-refractivity contribution is 7.80. The minimum absolute atomic E-state index is 0.208. The van der Waals surface area contributed by atoms with Gasteiger partial charge in [-0.05, 0) is 48.0 Å². The van der Waals surface area contributed by atoms with E-state index in [2.05, 4.69) is 10.6 Å². The average molecular weight is 445 g/mol. The van der Waals surface area contributed by atoms with E-state index in [4.69, 9.17) is 21.7 Å². The number of carbonyl (C=O) groups excluding carboxylic acids is 1. The van der Waals surface area contributed by atoms with Gasteiger partial charge < -0.3 is 20.1 Å². The number of esters is 1. The van der Waals surface area contributed by atoms with Gasteiger partial charge >= 0.3 is 5.97 Å². The summed E-state index contributed by atoms with van der Waals surface area (Å²) < 4.78 is 11.5. The fourth-order valence-corrected chi connectivity index (χ4v) is 3.78. The number of allylic oxidation sites excluding steroid dienone is 1. The highest BCUT2D eigenvalue weighted by atomic mass is 32.1. The molecular weight excluding hydrogens is 420 g/mol. The second kappa shape index (κ2) is 10.1. The molecule has 0 fully saturated rings. The molecule has 1 aliphatic rings. The van der Waals surface area contributed by atoms with Crippen molar-refractivity contribution in [1.29, 1.82) is 0 Å². The molecule has 162 valence electrons. The molecule has 4 rings (SSSR count). The molecular formula is C26H24N2O3S. The Hall–Kier alpha value is -3.64. The Bertz CT molecular complexity index is 1110. The molecule has 3 aromatic carbocycles. The lowest BCUT2D eigenvalue weighted by atomic mass is 9.95. The van der Waals surface area contributed by atoms with Crippen LogP contribution in [0.4, 0.5) is 0 Å². The van der Waals surface area contributed by atoms with Crippen molar-refractivity contribution in [3.63, 3.8) is 0 Å². The first-order valence-corrected chi connectivity index (χ1v) is 10.8. The number of nitrogens with one attached hydrogen (secondary N) is 2. The summed E-state index contributed by atoms with van der Waals surface area (Å²) in [4.78, 5) is 13.0. The first kappa shape index (κ1) is 21.6. The smallest absolute Gasteiger partial charge is 0.338 e. The van der Waals surface area contributed by atoms with Gasteiger partial charge in [-0.3, -0.25) is 0 Å². The van der Waals surface area contributed by atoms with Gasteiger partial charge in [-0.25, -0.2) is 4.79 Å². The van der Waals surface area contributed by atoms with Crippen LogP contribution >= 0.6 is 12.2 Å². The van der Waals surface area contributed by atoms with E-state index in [0.29, 0.717) is 23.0 Å². The van der Waals surface area contributed by atoms with Crippen molar-refractivity contribution in [2.75, 3.05) is 0 Å². The molecule has 0 saturated heterocycles. The molecule has 3 aromatic rings. The average Bonchev–Trinajstić information content (AvgIpc) is 2.82. The molecule has 0 amide bonds. The Morgan fingerprint density at radius 2 is 1.47 bits per heavy atom. The number of hydrogen-bond donors (Lipinski definition) is 2. The second-order valence-electron chi connectivity index (χ2n) is 7.48. The van der Waals surface area contributed by atoms with E-state index in [0.717, 1.165) is 22.4 Å². The van der Waals surface area contributed by atoms with Gasteiger partial charge in [0.2, 0.25) is 0 Å². The van der Waals surface area contributed by atoms with Crippen LogP contribution in [0.1, 0.15) is 29.7 Å². The summed E-state index contributed by atoms with van der Waals surface area (Å²) in [6.07, 6.45) is 0. The molecule has 0 radical (unpaired) electrons. The first-order chi connectivity index (χ1) is 15.6. The molecule has 0 aromatic heterocycles. The summed E-state index contributed by atoms with van der Waals surface area (Å²) in [5, 5.41) is 6.69. The summed E-state index contributed by atoms with van der Waals surface area (Å²) >= 11 is 5.33. The van der Waals surface area contributed by atoms with Gasteiger partial charge in [-0.15, -0.1) is 0 Å². The molecule has 0 aliphatic carbocycles. The van der Waals surface area contributed by atoms with Gasteiger partial charge in [0.1, 0.15) is 19.0 Å². The zero-order valence-corrected chi connectivity index (χ0v) is 18.5. The minimum Gasteiger partial charge on any atom is -0.489 e. The van der Waals surface area contributed by atoms with Crippen LogP contribution in [0.25, 0.3) is 0 Å². The topological polar surface area (TPSA) is 59.6 Å². The lowest BCUT2D eigenvalue weighted by Gasteiger charge is -2.30. The van der Waals surface area contributed by atoms with Crippen molar-refractivity contribution in [3.8, 4) is 5.75 Å². The van der Waals surface area contributed by atoms with E-state index in [9.17, 15) is 4.79 Å². The maximum absolute atomic E-state index is 13.0. The van der Waals surface area contributed by atoms with Crippen molar-refractivity contribution in [3.05, 3.63) is 113 Å². The first-order valence-electron chi connectivity index (χ1n) is 10.4. The van der Waals surface area contributed by atoms with Crippen LogP contribution in [0.15, 0.2) is 96.2 Å². The molecule has 5 nitrogen and oxygen atoms in total. The number of rotatable bonds is 7. The largest absolute Gasteiger partial charge is 0.489 e. The fraction of sp³-hybridized carbons (Fsp3) is 0.154. The number of thiocarbonyl (C=S) groups is 1. The van der Waals surface area contributed by atoms with Gasteiger partial charge in [0.15, 0.2) is 5.11 Å². The van der Waals surface area contributed by atoms with Crippen molar-refractivity contribution >= 4 is 23.3 Å². The number of ether oxygens (including phenoxy) is 2. The van der Waals surface area contributed by atoms with Gasteiger partial charge in [-0.2, -0.15) is 0 Å². The van der Waals surface area contributed by atoms with Gasteiger partial charge in [-0.1, -0.05) is 72.8 Å². The van der Waals surface area contributed by atoms with Crippen LogP contribution in [0.2, 0.25) is 0 Å². The summed E-state index contributed by atoms with van der Waals surface area (Å²) in [5.74, 6) is 0.367. The maximum atomic E-state index is 13.0. The van der Waals surface area contributed by atoms with Crippen molar-refractivity contribution < 1.29 is 14.3 Å². The fourth-order valence-electron chi connectivity index (χ4n) is 3.51. The van der Waals surface area contributed by atoms with Crippen LogP contribution in [-0.4, -0.2) is 11.1 Å². The predicted molar refractivity (Wildman–Crippen MR) is 128 cm³/mol. The molecule has 1 aliphatic heterocycles. The molecule has 0 spiro atoms. The Balaban J connectivity index is 1.47. The van der Waals surface area contributed by atoms with Crippen LogP contribution in [0.3, 0.4) is 0 Å². The zero-order chi connectivity index (χ0) is 22.3. The third kappa shape index (κ3) is 5.34. The van der Waals surface area contributed by atoms with Crippen LogP contribution < -0.4 is 15.4 Å². The maximum Gasteiger partial charge on any atom is 0.338 e. The third-order valence-electron chi connectivity index (χ3n) is 5.16. The van der Waals surface area contributed by atoms with E-state index in [1.165, 1.54) is 0 Å². The van der Waals surface area contributed by atoms with E-state index in [1.54, 1.807) is 0 Å². The number of benzene rings is 3. The SMILES string of the molecule is CC1=C(C(=O)OCc2ccccc2)[C@H](c2ccc(OCc3ccccc3)cc2)NC(=S)N1. The van der Waals surface area contributed by atoms with Gasteiger partial charge in [0, 0.05) is 5.70 Å². The molecule has 6 heteroatoms. The summed E-state index contributed by atoms with van der Waals surface area (Å²) in [6, 6.07) is 26.9. The van der Waals surface area contributed by atoms with E-state index in [-0.39, 0.29) is 12.6 Å². The zero-order valence-electron chi connectivity index (χ0n) is 17.7. The van der Waals surface area contributed by atoms with Crippen molar-refractivity contribution in [1.82, 2.24) is 10.6 Å². The molecule has 32 heavy (non-hydrogen) atoms. The third-order valence-corrected chi connectivity index (χ3v) is 5.38. The van der Waals surface area contributed by atoms with Crippen LogP contribution in [-0.2, 0) is 22.7 Å². The van der Waals surface area contributed by atoms with Gasteiger partial charge in [0.25, 0.3) is 0 Å². The van der Waals surface area contributed by atoms with E-state index < -0.39 is 6.04 Å². The Morgan fingerprint density at radius 3 is 2.09 bits per heavy atom. The predicted octanol–water partition coefficient (Wildman–Crippen LogP) is 4.80.